The van der Waals surface area contributed by atoms with Gasteiger partial charge in [-0.2, -0.15) is 0 Å². The second-order valence-electron chi connectivity index (χ2n) is 4.03. The van der Waals surface area contributed by atoms with Crippen LogP contribution in [0, 0.1) is 0 Å². The van der Waals surface area contributed by atoms with Gasteiger partial charge in [-0.3, -0.25) is 9.69 Å². The molecule has 6 heteroatoms. The van der Waals surface area contributed by atoms with Gasteiger partial charge >= 0.3 is 0 Å². The summed E-state index contributed by atoms with van der Waals surface area (Å²) >= 11 is 4.93. The molecule has 0 aromatic heterocycles. The summed E-state index contributed by atoms with van der Waals surface area (Å²) in [7, 11) is 3.39. The Labute approximate surface area is 112 Å². The van der Waals surface area contributed by atoms with Crippen LogP contribution in [0.3, 0.4) is 0 Å². The molecule has 0 saturated heterocycles. The zero-order valence-corrected chi connectivity index (χ0v) is 11.3. The molecule has 0 saturated carbocycles. The largest absolute Gasteiger partial charge is 0.496 e. The summed E-state index contributed by atoms with van der Waals surface area (Å²) in [5.41, 5.74) is 12.4. The van der Waals surface area contributed by atoms with Crippen LogP contribution in [-0.4, -0.2) is 36.5 Å². The van der Waals surface area contributed by atoms with Crippen LogP contribution in [0.5, 0.6) is 5.75 Å². The third kappa shape index (κ3) is 3.97. The monoisotopic (exact) mass is 267 g/mol. The summed E-state index contributed by atoms with van der Waals surface area (Å²) in [5.74, 6) is 0.355. The van der Waals surface area contributed by atoms with Crippen molar-refractivity contribution >= 4 is 23.1 Å². The fourth-order valence-corrected chi connectivity index (χ4v) is 1.80. The molecule has 0 atom stereocenters. The Hall–Kier alpha value is -1.66. The first-order chi connectivity index (χ1) is 8.43. The maximum atomic E-state index is 10.8. The fourth-order valence-electron chi connectivity index (χ4n) is 1.67. The van der Waals surface area contributed by atoms with E-state index in [2.05, 4.69) is 0 Å². The minimum absolute atomic E-state index is 0.181. The molecule has 0 aliphatic heterocycles. The predicted octanol–water partition coefficient (Wildman–Crippen LogP) is 0.247. The van der Waals surface area contributed by atoms with Crippen LogP contribution in [-0.2, 0) is 11.3 Å². The number of methoxy groups -OCH3 is 1. The molecule has 1 aromatic carbocycles. The van der Waals surface area contributed by atoms with E-state index < -0.39 is 0 Å². The molecular formula is C12H17N3O2S. The van der Waals surface area contributed by atoms with Crippen LogP contribution >= 0.6 is 12.2 Å². The summed E-state index contributed by atoms with van der Waals surface area (Å²) in [6.07, 6.45) is 0. The van der Waals surface area contributed by atoms with E-state index in [9.17, 15) is 4.79 Å². The zero-order chi connectivity index (χ0) is 13.7. The first kappa shape index (κ1) is 14.4. The summed E-state index contributed by atoms with van der Waals surface area (Å²) in [6.45, 7) is 0.711. The molecule has 0 aliphatic rings. The van der Waals surface area contributed by atoms with Gasteiger partial charge in [0.25, 0.3) is 0 Å². The number of hydrogen-bond acceptors (Lipinski definition) is 4. The van der Waals surface area contributed by atoms with Crippen molar-refractivity contribution in [3.05, 3.63) is 29.3 Å². The van der Waals surface area contributed by atoms with Crippen molar-refractivity contribution < 1.29 is 9.53 Å². The van der Waals surface area contributed by atoms with Crippen LogP contribution in [0.4, 0.5) is 0 Å². The lowest BCUT2D eigenvalue weighted by molar-refractivity contribution is -0.118. The number of hydrogen-bond donors (Lipinski definition) is 2. The third-order valence-corrected chi connectivity index (χ3v) is 2.67. The van der Waals surface area contributed by atoms with Crippen LogP contribution in [0.2, 0.25) is 0 Å². The highest BCUT2D eigenvalue weighted by atomic mass is 32.1. The second kappa shape index (κ2) is 6.32. The molecule has 1 rings (SSSR count). The molecule has 4 N–H and O–H groups in total. The number of nitrogens with two attached hydrogens (primary N) is 2. The van der Waals surface area contributed by atoms with Gasteiger partial charge < -0.3 is 16.2 Å². The van der Waals surface area contributed by atoms with Gasteiger partial charge in [0.2, 0.25) is 5.91 Å². The minimum Gasteiger partial charge on any atom is -0.496 e. The van der Waals surface area contributed by atoms with E-state index in [0.717, 1.165) is 16.9 Å². The van der Waals surface area contributed by atoms with Crippen molar-refractivity contribution in [2.75, 3.05) is 20.7 Å². The lowest BCUT2D eigenvalue weighted by atomic mass is 10.1. The number of rotatable bonds is 6. The molecule has 98 valence electrons. The number of benzene rings is 1. The first-order valence-corrected chi connectivity index (χ1v) is 5.78. The average molecular weight is 267 g/mol. The van der Waals surface area contributed by atoms with E-state index in [1.54, 1.807) is 25.1 Å². The molecule has 0 aliphatic carbocycles. The number of thiocarbonyl (C=S) groups is 1. The normalized spacial score (nSPS) is 10.4. The maximum absolute atomic E-state index is 10.8. The lowest BCUT2D eigenvalue weighted by Crippen LogP contribution is -2.30. The summed E-state index contributed by atoms with van der Waals surface area (Å²) in [5, 5.41) is 0. The lowest BCUT2D eigenvalue weighted by Gasteiger charge is -2.17. The molecule has 1 amide bonds. The Morgan fingerprint density at radius 1 is 1.44 bits per heavy atom. The number of nitrogens with zero attached hydrogens (tertiary/aromatic N) is 1. The average Bonchev–Trinajstić information content (AvgIpc) is 2.27. The number of carbonyl (C=O) groups is 1. The molecular weight excluding hydrogens is 250 g/mol. The van der Waals surface area contributed by atoms with Gasteiger partial charge in [0, 0.05) is 17.7 Å². The maximum Gasteiger partial charge on any atom is 0.231 e. The highest BCUT2D eigenvalue weighted by molar-refractivity contribution is 7.80. The minimum atomic E-state index is -0.373. The van der Waals surface area contributed by atoms with Gasteiger partial charge in [-0.1, -0.05) is 12.2 Å². The van der Waals surface area contributed by atoms with E-state index in [1.165, 1.54) is 0 Å². The first-order valence-electron chi connectivity index (χ1n) is 5.37. The smallest absolute Gasteiger partial charge is 0.231 e. The van der Waals surface area contributed by atoms with Gasteiger partial charge in [-0.25, -0.2) is 0 Å². The number of ether oxygens (including phenoxy) is 1. The quantitative estimate of drug-likeness (QED) is 0.722. The molecule has 0 unspecified atom stereocenters. The topological polar surface area (TPSA) is 81.6 Å². The van der Waals surface area contributed by atoms with Crippen molar-refractivity contribution in [1.29, 1.82) is 0 Å². The molecule has 1 aromatic rings. The highest BCUT2D eigenvalue weighted by Gasteiger charge is 2.10. The second-order valence-corrected chi connectivity index (χ2v) is 4.47. The van der Waals surface area contributed by atoms with E-state index in [1.807, 2.05) is 12.1 Å². The number of carbonyl (C=O) groups excluding carboxylic acids is 1. The van der Waals surface area contributed by atoms with Crippen molar-refractivity contribution in [1.82, 2.24) is 4.90 Å². The van der Waals surface area contributed by atoms with E-state index in [0.29, 0.717) is 11.5 Å². The molecule has 5 nitrogen and oxygen atoms in total. The molecule has 0 fully saturated rings. The van der Waals surface area contributed by atoms with Gasteiger partial charge in [0.15, 0.2) is 0 Å². The Bertz CT molecular complexity index is 463. The van der Waals surface area contributed by atoms with Crippen molar-refractivity contribution in [2.24, 2.45) is 11.5 Å². The molecule has 0 bridgehead atoms. The number of amides is 1. The SMILES string of the molecule is COc1ccc(C(N)=S)cc1CN(C)CC(N)=O. The number of primary amides is 1. The van der Waals surface area contributed by atoms with E-state index >= 15 is 0 Å². The van der Waals surface area contributed by atoms with E-state index in [-0.39, 0.29) is 12.5 Å². The van der Waals surface area contributed by atoms with Crippen LogP contribution in [0.25, 0.3) is 0 Å². The predicted molar refractivity (Wildman–Crippen MR) is 74.4 cm³/mol. The van der Waals surface area contributed by atoms with Crippen molar-refractivity contribution in [3.8, 4) is 5.75 Å². The van der Waals surface area contributed by atoms with Gasteiger partial charge in [-0.05, 0) is 25.2 Å². The Kier molecular flexibility index (Phi) is 5.06. The molecule has 0 radical (unpaired) electrons. The number of likely N-dealkylation sites (N-methyl/N-ethyl adjacent to an activating group) is 1. The van der Waals surface area contributed by atoms with Crippen LogP contribution in [0.15, 0.2) is 18.2 Å². The van der Waals surface area contributed by atoms with E-state index in [4.69, 9.17) is 28.4 Å². The zero-order valence-electron chi connectivity index (χ0n) is 10.5. The molecule has 0 spiro atoms. The van der Waals surface area contributed by atoms with Gasteiger partial charge in [-0.15, -0.1) is 0 Å². The van der Waals surface area contributed by atoms with Gasteiger partial charge in [0.05, 0.1) is 13.7 Å². The third-order valence-electron chi connectivity index (χ3n) is 2.43. The fraction of sp³-hybridized carbons (Fsp3) is 0.333. The standard InChI is InChI=1S/C12H17N3O2S/c1-15(7-11(13)16)6-9-5-8(12(14)18)3-4-10(9)17-2/h3-5H,6-7H2,1-2H3,(H2,13,16)(H2,14,18). The van der Waals surface area contributed by atoms with Crippen LogP contribution < -0.4 is 16.2 Å². The van der Waals surface area contributed by atoms with Crippen LogP contribution in [0.1, 0.15) is 11.1 Å². The van der Waals surface area contributed by atoms with Gasteiger partial charge in [0.1, 0.15) is 10.7 Å². The Balaban J connectivity index is 2.94. The highest BCUT2D eigenvalue weighted by Crippen LogP contribution is 2.21. The van der Waals surface area contributed by atoms with Crippen molar-refractivity contribution in [2.45, 2.75) is 6.54 Å². The summed E-state index contributed by atoms with van der Waals surface area (Å²) in [4.78, 5) is 13.0. The Morgan fingerprint density at radius 2 is 2.11 bits per heavy atom. The molecule has 0 heterocycles. The Morgan fingerprint density at radius 3 is 2.61 bits per heavy atom. The summed E-state index contributed by atoms with van der Waals surface area (Å²) < 4.78 is 5.26. The molecule has 18 heavy (non-hydrogen) atoms. The van der Waals surface area contributed by atoms with Crippen molar-refractivity contribution in [3.63, 3.8) is 0 Å². The summed E-state index contributed by atoms with van der Waals surface area (Å²) in [6, 6.07) is 5.47.